The zero-order chi connectivity index (χ0) is 20.0. The fourth-order valence-corrected chi connectivity index (χ4v) is 3.72. The van der Waals surface area contributed by atoms with Crippen LogP contribution in [0.5, 0.6) is 0 Å². The number of anilines is 1. The second kappa shape index (κ2) is 6.60. The minimum absolute atomic E-state index is 0.255. The van der Waals surface area contributed by atoms with Gasteiger partial charge in [0.2, 0.25) is 5.91 Å². The first kappa shape index (κ1) is 19.3. The predicted octanol–water partition coefficient (Wildman–Crippen LogP) is 4.03. The first-order valence-electron chi connectivity index (χ1n) is 8.63. The summed E-state index contributed by atoms with van der Waals surface area (Å²) >= 11 is 3.38. The van der Waals surface area contributed by atoms with Gasteiger partial charge in [-0.3, -0.25) is 19.5 Å². The molecule has 3 rings (SSSR count). The lowest BCUT2D eigenvalue weighted by molar-refractivity contribution is -0.129. The maximum absolute atomic E-state index is 13.6. The van der Waals surface area contributed by atoms with Crippen molar-refractivity contribution in [3.8, 4) is 0 Å². The summed E-state index contributed by atoms with van der Waals surface area (Å²) in [6.07, 6.45) is 1.62. The normalized spacial score (nSPS) is 19.0. The molecule has 1 aliphatic heterocycles. The average molecular weight is 428 g/mol. The summed E-state index contributed by atoms with van der Waals surface area (Å²) in [5, 5.41) is 3.02. The summed E-state index contributed by atoms with van der Waals surface area (Å²) in [6, 6.07) is 11.0. The molecule has 27 heavy (non-hydrogen) atoms. The van der Waals surface area contributed by atoms with Gasteiger partial charge < -0.3 is 5.32 Å². The van der Waals surface area contributed by atoms with Crippen LogP contribution >= 0.6 is 15.9 Å². The van der Waals surface area contributed by atoms with Gasteiger partial charge >= 0.3 is 0 Å². The number of para-hydroxylation sites is 1. The maximum Gasteiger partial charge on any atom is 0.257 e. The number of carbonyl (C=O) groups excluding carboxylic acids is 2. The summed E-state index contributed by atoms with van der Waals surface area (Å²) in [4.78, 5) is 32.4. The molecular weight excluding hydrogens is 406 g/mol. The number of benzene rings is 1. The molecule has 2 amide bonds. The number of aromatic nitrogens is 1. The molecule has 1 unspecified atom stereocenters. The second-order valence-corrected chi connectivity index (χ2v) is 8.54. The molecule has 5 nitrogen and oxygen atoms in total. The van der Waals surface area contributed by atoms with Crippen LogP contribution in [0.1, 0.15) is 39.0 Å². The molecule has 0 saturated heterocycles. The van der Waals surface area contributed by atoms with Gasteiger partial charge in [0.1, 0.15) is 0 Å². The summed E-state index contributed by atoms with van der Waals surface area (Å²) in [7, 11) is 0. The van der Waals surface area contributed by atoms with Crippen molar-refractivity contribution in [2.45, 2.75) is 38.8 Å². The summed E-state index contributed by atoms with van der Waals surface area (Å²) < 4.78 is 0.785. The van der Waals surface area contributed by atoms with Crippen LogP contribution in [0.4, 0.5) is 5.69 Å². The molecule has 1 aliphatic rings. The maximum atomic E-state index is 13.6. The molecule has 140 valence electrons. The van der Waals surface area contributed by atoms with Crippen LogP contribution in [0.15, 0.2) is 53.6 Å². The van der Waals surface area contributed by atoms with Crippen molar-refractivity contribution < 1.29 is 9.59 Å². The van der Waals surface area contributed by atoms with Crippen LogP contribution < -0.4 is 10.2 Å². The van der Waals surface area contributed by atoms with Gasteiger partial charge in [-0.05, 0) is 60.5 Å². The van der Waals surface area contributed by atoms with Crippen molar-refractivity contribution in [3.63, 3.8) is 0 Å². The molecule has 6 heteroatoms. The van der Waals surface area contributed by atoms with Gasteiger partial charge in [0.05, 0.1) is 11.4 Å². The smallest absolute Gasteiger partial charge is 0.257 e. The van der Waals surface area contributed by atoms with E-state index < -0.39 is 11.1 Å². The molecule has 0 spiro atoms. The van der Waals surface area contributed by atoms with Gasteiger partial charge in [-0.1, -0.05) is 24.8 Å². The molecule has 0 saturated carbocycles. The van der Waals surface area contributed by atoms with Gasteiger partial charge in [0, 0.05) is 28.7 Å². The van der Waals surface area contributed by atoms with Gasteiger partial charge in [-0.25, -0.2) is 0 Å². The Balaban J connectivity index is 2.33. The minimum atomic E-state index is -1.44. The van der Waals surface area contributed by atoms with E-state index in [1.54, 1.807) is 12.3 Å². The SMILES string of the molecule is C=C1c2ccccc2N(C(C)=O)C1(C(=O)NC(C)(C)C)c1ccc(Br)cn1. The lowest BCUT2D eigenvalue weighted by atomic mass is 9.83. The van der Waals surface area contributed by atoms with E-state index in [0.29, 0.717) is 17.0 Å². The zero-order valence-corrected chi connectivity index (χ0v) is 17.4. The van der Waals surface area contributed by atoms with E-state index >= 15 is 0 Å². The molecule has 0 aliphatic carbocycles. The van der Waals surface area contributed by atoms with Crippen LogP contribution in [0, 0.1) is 0 Å². The lowest BCUT2D eigenvalue weighted by Crippen LogP contribution is -2.59. The van der Waals surface area contributed by atoms with Gasteiger partial charge in [0.25, 0.3) is 5.91 Å². The molecule has 1 aromatic heterocycles. The Morgan fingerprint density at radius 1 is 1.19 bits per heavy atom. The number of rotatable bonds is 2. The third kappa shape index (κ3) is 3.08. The van der Waals surface area contributed by atoms with Gasteiger partial charge in [-0.15, -0.1) is 0 Å². The van der Waals surface area contributed by atoms with E-state index in [4.69, 9.17) is 0 Å². The Kier molecular flexibility index (Phi) is 4.72. The number of hydrogen-bond acceptors (Lipinski definition) is 3. The molecule has 0 fully saturated rings. The Hall–Kier alpha value is -2.47. The first-order chi connectivity index (χ1) is 12.6. The Bertz CT molecular complexity index is 931. The molecule has 1 atom stereocenters. The van der Waals surface area contributed by atoms with Crippen LogP contribution in [-0.2, 0) is 15.1 Å². The highest BCUT2D eigenvalue weighted by Crippen LogP contribution is 2.52. The van der Waals surface area contributed by atoms with Crippen molar-refractivity contribution in [3.05, 3.63) is 64.9 Å². The second-order valence-electron chi connectivity index (χ2n) is 7.63. The summed E-state index contributed by atoms with van der Waals surface area (Å²) in [6.45, 7) is 11.4. The van der Waals surface area contributed by atoms with E-state index in [9.17, 15) is 9.59 Å². The monoisotopic (exact) mass is 427 g/mol. The highest BCUT2D eigenvalue weighted by atomic mass is 79.9. The van der Waals surface area contributed by atoms with Crippen LogP contribution in [-0.4, -0.2) is 22.3 Å². The lowest BCUT2D eigenvalue weighted by Gasteiger charge is -2.39. The summed E-state index contributed by atoms with van der Waals surface area (Å²) in [5.41, 5.74) is 0.472. The Morgan fingerprint density at radius 3 is 2.41 bits per heavy atom. The van der Waals surface area contributed by atoms with Crippen molar-refractivity contribution >= 4 is 39.0 Å². The van der Waals surface area contributed by atoms with Gasteiger partial charge in [0.15, 0.2) is 5.54 Å². The van der Waals surface area contributed by atoms with E-state index in [2.05, 4.69) is 32.8 Å². The molecule has 2 aromatic rings. The third-order valence-corrected chi connectivity index (χ3v) is 4.94. The molecular formula is C21H22BrN3O2. The van der Waals surface area contributed by atoms with Crippen molar-refractivity contribution in [1.29, 1.82) is 0 Å². The van der Waals surface area contributed by atoms with Crippen molar-refractivity contribution in [2.24, 2.45) is 0 Å². The third-order valence-electron chi connectivity index (χ3n) is 4.47. The number of nitrogens with one attached hydrogen (secondary N) is 1. The number of nitrogens with zero attached hydrogens (tertiary/aromatic N) is 2. The summed E-state index contributed by atoms with van der Waals surface area (Å²) in [5.74, 6) is -0.587. The number of fused-ring (bicyclic) bond motifs is 1. The van der Waals surface area contributed by atoms with Crippen LogP contribution in [0.2, 0.25) is 0 Å². The van der Waals surface area contributed by atoms with E-state index in [-0.39, 0.29) is 11.8 Å². The zero-order valence-electron chi connectivity index (χ0n) is 15.8. The Labute approximate surface area is 167 Å². The number of pyridine rings is 1. The number of halogens is 1. The topological polar surface area (TPSA) is 62.3 Å². The highest BCUT2D eigenvalue weighted by molar-refractivity contribution is 9.10. The molecule has 0 radical (unpaired) electrons. The predicted molar refractivity (Wildman–Crippen MR) is 110 cm³/mol. The standard InChI is InChI=1S/C21H22BrN3O2/c1-13-16-8-6-7-9-17(16)25(14(2)26)21(13,19(27)24-20(3,4)5)18-11-10-15(22)12-23-18/h6-12H,1H2,2-5H3,(H,24,27). The molecule has 1 aromatic carbocycles. The van der Waals surface area contributed by atoms with E-state index in [0.717, 1.165) is 10.0 Å². The minimum Gasteiger partial charge on any atom is -0.349 e. The van der Waals surface area contributed by atoms with Gasteiger partial charge in [-0.2, -0.15) is 0 Å². The fourth-order valence-electron chi connectivity index (χ4n) is 3.49. The first-order valence-corrected chi connectivity index (χ1v) is 9.42. The number of amides is 2. The quantitative estimate of drug-likeness (QED) is 0.786. The molecule has 2 heterocycles. The Morgan fingerprint density at radius 2 is 1.85 bits per heavy atom. The molecule has 1 N–H and O–H groups in total. The average Bonchev–Trinajstić information content (AvgIpc) is 2.84. The highest BCUT2D eigenvalue weighted by Gasteiger charge is 2.57. The van der Waals surface area contributed by atoms with Crippen molar-refractivity contribution in [1.82, 2.24) is 10.3 Å². The largest absolute Gasteiger partial charge is 0.349 e. The fraction of sp³-hybridized carbons (Fsp3) is 0.286. The number of carbonyl (C=O) groups is 2. The van der Waals surface area contributed by atoms with Crippen LogP contribution in [0.25, 0.3) is 5.57 Å². The van der Waals surface area contributed by atoms with E-state index in [1.807, 2.05) is 51.1 Å². The van der Waals surface area contributed by atoms with E-state index in [1.165, 1.54) is 11.8 Å². The van der Waals surface area contributed by atoms with Crippen molar-refractivity contribution in [2.75, 3.05) is 4.90 Å². The van der Waals surface area contributed by atoms with Crippen LogP contribution in [0.3, 0.4) is 0 Å². The number of hydrogen-bond donors (Lipinski definition) is 1. The molecule has 0 bridgehead atoms.